The molecule has 1 aromatic heterocycles. The molecule has 0 N–H and O–H groups in total. The quantitative estimate of drug-likeness (QED) is 0.819. The zero-order chi connectivity index (χ0) is 13.1. The molecular weight excluding hydrogens is 244 g/mol. The second kappa shape index (κ2) is 5.49. The maximum atomic E-state index is 6.19. The van der Waals surface area contributed by atoms with E-state index in [1.54, 1.807) is 0 Å². The lowest BCUT2D eigenvalue weighted by atomic mass is 10.0. The highest BCUT2D eigenvalue weighted by Crippen LogP contribution is 2.26. The summed E-state index contributed by atoms with van der Waals surface area (Å²) in [7, 11) is 0. The van der Waals surface area contributed by atoms with Crippen LogP contribution in [0.15, 0.2) is 24.3 Å². The Hall–Kier alpha value is -1.41. The van der Waals surface area contributed by atoms with Crippen molar-refractivity contribution in [1.82, 2.24) is 9.97 Å². The highest BCUT2D eigenvalue weighted by atomic mass is 35.5. The first-order chi connectivity index (χ1) is 8.61. The maximum absolute atomic E-state index is 6.19. The van der Waals surface area contributed by atoms with Crippen molar-refractivity contribution in [3.8, 4) is 11.3 Å². The van der Waals surface area contributed by atoms with Gasteiger partial charge in [-0.3, -0.25) is 0 Å². The first-order valence-electron chi connectivity index (χ1n) is 6.22. The molecule has 0 aliphatic rings. The molecule has 94 valence electrons. The molecule has 18 heavy (non-hydrogen) atoms. The molecule has 0 unspecified atom stereocenters. The predicted molar refractivity (Wildman–Crippen MR) is 75.9 cm³/mol. The number of nitrogens with zero attached hydrogens (tertiary/aromatic N) is 2. The average Bonchev–Trinajstić information content (AvgIpc) is 2.34. The molecule has 2 rings (SSSR count). The predicted octanol–water partition coefficient (Wildman–Crippen LogP) is 4.37. The smallest absolute Gasteiger partial charge is 0.155 e. The summed E-state index contributed by atoms with van der Waals surface area (Å²) in [5, 5.41) is 0.478. The van der Waals surface area contributed by atoms with Gasteiger partial charge in [-0.25, -0.2) is 9.97 Å². The topological polar surface area (TPSA) is 25.8 Å². The first kappa shape index (κ1) is 13.0. The fourth-order valence-corrected chi connectivity index (χ4v) is 2.20. The Morgan fingerprint density at radius 2 is 1.83 bits per heavy atom. The van der Waals surface area contributed by atoms with E-state index in [0.717, 1.165) is 35.5 Å². The van der Waals surface area contributed by atoms with Crippen LogP contribution in [0.4, 0.5) is 0 Å². The van der Waals surface area contributed by atoms with Crippen LogP contribution in [-0.4, -0.2) is 9.97 Å². The van der Waals surface area contributed by atoms with E-state index in [-0.39, 0.29) is 0 Å². The summed E-state index contributed by atoms with van der Waals surface area (Å²) in [5.74, 6) is 0. The fourth-order valence-electron chi connectivity index (χ4n) is 1.92. The lowest BCUT2D eigenvalue weighted by Crippen LogP contribution is -1.97. The van der Waals surface area contributed by atoms with E-state index in [1.807, 2.05) is 26.0 Å². The summed E-state index contributed by atoms with van der Waals surface area (Å²) in [6.45, 7) is 6.05. The highest BCUT2D eigenvalue weighted by molar-refractivity contribution is 6.31. The molecule has 0 aliphatic carbocycles. The van der Waals surface area contributed by atoms with Crippen LogP contribution in [0.2, 0.25) is 5.15 Å². The van der Waals surface area contributed by atoms with Crippen LogP contribution in [0, 0.1) is 13.8 Å². The van der Waals surface area contributed by atoms with E-state index in [9.17, 15) is 0 Å². The summed E-state index contributed by atoms with van der Waals surface area (Å²) in [4.78, 5) is 8.88. The largest absolute Gasteiger partial charge is 0.248 e. The van der Waals surface area contributed by atoms with Gasteiger partial charge in [-0.2, -0.15) is 0 Å². The third-order valence-corrected chi connectivity index (χ3v) is 3.27. The van der Waals surface area contributed by atoms with Crippen LogP contribution in [0.1, 0.15) is 30.3 Å². The number of benzene rings is 1. The Kier molecular flexibility index (Phi) is 3.97. The Labute approximate surface area is 113 Å². The van der Waals surface area contributed by atoms with Crippen LogP contribution in [-0.2, 0) is 6.42 Å². The van der Waals surface area contributed by atoms with E-state index in [4.69, 9.17) is 11.6 Å². The van der Waals surface area contributed by atoms with Gasteiger partial charge in [0.1, 0.15) is 5.69 Å². The Morgan fingerprint density at radius 3 is 2.56 bits per heavy atom. The Balaban J connectivity index is 2.48. The minimum Gasteiger partial charge on any atom is -0.248 e. The van der Waals surface area contributed by atoms with E-state index >= 15 is 0 Å². The number of halogens is 1. The van der Waals surface area contributed by atoms with Crippen LogP contribution >= 0.6 is 11.6 Å². The van der Waals surface area contributed by atoms with Crippen molar-refractivity contribution >= 4 is 11.6 Å². The zero-order valence-electron chi connectivity index (χ0n) is 11.0. The molecule has 0 radical (unpaired) electrons. The van der Waals surface area contributed by atoms with E-state index in [0.29, 0.717) is 5.15 Å². The van der Waals surface area contributed by atoms with Gasteiger partial charge in [0.15, 0.2) is 5.15 Å². The number of rotatable bonds is 3. The van der Waals surface area contributed by atoms with Crippen molar-refractivity contribution in [3.63, 3.8) is 0 Å². The lowest BCUT2D eigenvalue weighted by Gasteiger charge is -2.08. The van der Waals surface area contributed by atoms with Gasteiger partial charge < -0.3 is 0 Å². The second-order valence-electron chi connectivity index (χ2n) is 4.48. The Bertz CT molecular complexity index is 564. The van der Waals surface area contributed by atoms with Crippen molar-refractivity contribution in [3.05, 3.63) is 46.4 Å². The normalized spacial score (nSPS) is 10.7. The van der Waals surface area contributed by atoms with Crippen molar-refractivity contribution in [2.75, 3.05) is 0 Å². The molecule has 0 bridgehead atoms. The third kappa shape index (κ3) is 2.70. The standard InChI is InChI=1S/C15H17ClN2/c1-4-6-12-7-5-8-13(9-12)14-15(16)18-11(3)10(2)17-14/h5,7-9H,4,6H2,1-3H3. The molecule has 0 atom stereocenters. The minimum absolute atomic E-state index is 0.478. The zero-order valence-corrected chi connectivity index (χ0v) is 11.8. The van der Waals surface area contributed by atoms with E-state index in [1.165, 1.54) is 5.56 Å². The van der Waals surface area contributed by atoms with Gasteiger partial charge in [0.05, 0.1) is 11.4 Å². The average molecular weight is 261 g/mol. The SMILES string of the molecule is CCCc1cccc(-c2nc(C)c(C)nc2Cl)c1. The molecule has 3 heteroatoms. The van der Waals surface area contributed by atoms with Crippen LogP contribution in [0.5, 0.6) is 0 Å². The molecule has 0 aliphatic heterocycles. The second-order valence-corrected chi connectivity index (χ2v) is 4.84. The summed E-state index contributed by atoms with van der Waals surface area (Å²) in [6.07, 6.45) is 2.21. The maximum Gasteiger partial charge on any atom is 0.155 e. The summed E-state index contributed by atoms with van der Waals surface area (Å²) >= 11 is 6.19. The van der Waals surface area contributed by atoms with Gasteiger partial charge in [0.2, 0.25) is 0 Å². The number of hydrogen-bond acceptors (Lipinski definition) is 2. The summed E-state index contributed by atoms with van der Waals surface area (Å²) in [5.41, 5.74) is 4.94. The van der Waals surface area contributed by atoms with Crippen LogP contribution < -0.4 is 0 Å². The van der Waals surface area contributed by atoms with Gasteiger partial charge in [-0.05, 0) is 31.9 Å². The van der Waals surface area contributed by atoms with Crippen LogP contribution in [0.25, 0.3) is 11.3 Å². The van der Waals surface area contributed by atoms with E-state index < -0.39 is 0 Å². The monoisotopic (exact) mass is 260 g/mol. The molecule has 0 fully saturated rings. The summed E-state index contributed by atoms with van der Waals surface area (Å²) in [6, 6.07) is 8.36. The molecule has 2 nitrogen and oxygen atoms in total. The number of aryl methyl sites for hydroxylation is 3. The molecule has 1 heterocycles. The third-order valence-electron chi connectivity index (χ3n) is 3.00. The Morgan fingerprint density at radius 1 is 1.11 bits per heavy atom. The molecule has 0 spiro atoms. The van der Waals surface area contributed by atoms with Gasteiger partial charge >= 0.3 is 0 Å². The van der Waals surface area contributed by atoms with Crippen molar-refractivity contribution in [1.29, 1.82) is 0 Å². The molecule has 1 aromatic carbocycles. The van der Waals surface area contributed by atoms with Crippen molar-refractivity contribution in [2.45, 2.75) is 33.6 Å². The molecule has 0 saturated heterocycles. The van der Waals surface area contributed by atoms with Gasteiger partial charge in [0.25, 0.3) is 0 Å². The fraction of sp³-hybridized carbons (Fsp3) is 0.333. The molecule has 2 aromatic rings. The number of aromatic nitrogens is 2. The van der Waals surface area contributed by atoms with Crippen molar-refractivity contribution in [2.24, 2.45) is 0 Å². The lowest BCUT2D eigenvalue weighted by molar-refractivity contribution is 0.922. The van der Waals surface area contributed by atoms with Crippen molar-refractivity contribution < 1.29 is 0 Å². The first-order valence-corrected chi connectivity index (χ1v) is 6.59. The van der Waals surface area contributed by atoms with Crippen LogP contribution in [0.3, 0.4) is 0 Å². The minimum atomic E-state index is 0.478. The van der Waals surface area contributed by atoms with Gasteiger partial charge in [-0.15, -0.1) is 0 Å². The van der Waals surface area contributed by atoms with Gasteiger partial charge in [-0.1, -0.05) is 43.1 Å². The number of hydrogen-bond donors (Lipinski definition) is 0. The molecular formula is C15H17ClN2. The highest BCUT2D eigenvalue weighted by Gasteiger charge is 2.09. The molecule has 0 amide bonds. The summed E-state index contributed by atoms with van der Waals surface area (Å²) < 4.78 is 0. The van der Waals surface area contributed by atoms with E-state index in [2.05, 4.69) is 29.0 Å². The molecule has 0 saturated carbocycles. The van der Waals surface area contributed by atoms with Gasteiger partial charge in [0, 0.05) is 5.56 Å².